The third kappa shape index (κ3) is 8.60. The van der Waals surface area contributed by atoms with Crippen molar-refractivity contribution in [2.75, 3.05) is 6.54 Å². The number of nitrogens with zero attached hydrogens (tertiary/aromatic N) is 1. The number of halogens is 2. The van der Waals surface area contributed by atoms with E-state index in [1.165, 1.54) is 20.8 Å². The first-order valence-corrected chi connectivity index (χ1v) is 14.3. The van der Waals surface area contributed by atoms with Crippen LogP contribution in [0.1, 0.15) is 44.7 Å². The summed E-state index contributed by atoms with van der Waals surface area (Å²) >= 11 is 0. The summed E-state index contributed by atoms with van der Waals surface area (Å²) in [7, 11) is 0. The molecule has 12 nitrogen and oxygen atoms in total. The number of nitrogens with one attached hydrogen (secondary N) is 2. The second kappa shape index (κ2) is 14.1. The van der Waals surface area contributed by atoms with Gasteiger partial charge in [-0.05, 0) is 38.3 Å². The molecule has 1 aliphatic heterocycles. The summed E-state index contributed by atoms with van der Waals surface area (Å²) in [4.78, 5) is 64.4. The molecule has 7 N–H and O–H groups in total. The van der Waals surface area contributed by atoms with Crippen LogP contribution < -0.4 is 22.1 Å². The molecular formula is C31H40F2N5O7+. The highest BCUT2D eigenvalue weighted by Gasteiger charge is 2.68. The van der Waals surface area contributed by atoms with Crippen molar-refractivity contribution in [3.8, 4) is 0 Å². The van der Waals surface area contributed by atoms with Gasteiger partial charge in [-0.1, -0.05) is 60.7 Å². The molecule has 0 saturated carbocycles. The van der Waals surface area contributed by atoms with E-state index < -0.39 is 89.3 Å². The lowest BCUT2D eigenvalue weighted by Crippen LogP contribution is -2.73. The molecule has 5 amide bonds. The summed E-state index contributed by atoms with van der Waals surface area (Å²) in [6, 6.07) is 12.4. The molecule has 1 heterocycles. The molecule has 244 valence electrons. The number of alkyl carbamates (subject to hydrolysis) is 1. The Morgan fingerprint density at radius 2 is 1.53 bits per heavy atom. The Morgan fingerprint density at radius 3 is 2.04 bits per heavy atom. The normalized spacial score (nSPS) is 21.2. The van der Waals surface area contributed by atoms with Crippen molar-refractivity contribution in [1.82, 2.24) is 10.6 Å². The first-order valence-electron chi connectivity index (χ1n) is 14.3. The van der Waals surface area contributed by atoms with Crippen LogP contribution in [-0.4, -0.2) is 81.5 Å². The van der Waals surface area contributed by atoms with E-state index in [-0.39, 0.29) is 13.0 Å². The van der Waals surface area contributed by atoms with E-state index in [4.69, 9.17) is 16.2 Å². The van der Waals surface area contributed by atoms with Gasteiger partial charge in [0, 0.05) is 0 Å². The van der Waals surface area contributed by atoms with Crippen molar-refractivity contribution >= 4 is 29.7 Å². The predicted molar refractivity (Wildman–Crippen MR) is 158 cm³/mol. The number of benzene rings is 2. The molecule has 2 aromatic carbocycles. The van der Waals surface area contributed by atoms with Crippen LogP contribution in [0.2, 0.25) is 0 Å². The summed E-state index contributed by atoms with van der Waals surface area (Å²) in [5, 5.41) is 16.3. The Kier molecular flexibility index (Phi) is 11.0. The fourth-order valence-corrected chi connectivity index (χ4v) is 5.68. The van der Waals surface area contributed by atoms with Gasteiger partial charge in [-0.25, -0.2) is 22.9 Å². The topological polar surface area (TPSA) is 191 Å². The highest BCUT2D eigenvalue weighted by molar-refractivity contribution is 5.91. The Balaban J connectivity index is 1.92. The standard InChI is InChI=1S/C31H39F2N5O7/c1-30(2,3)38(18-31(32,33)16-23(38)26(35)41)28(43)25(40)21(14-19-10-6-4-7-11-19)36-27(42)22(15-24(34)39)37-29(44)45-17-20-12-8-5-9-13-20/h4-13,21-23,25,40H,14-18H2,1-3H3,(H5-,34,35,36,37,39,41,42,44)/p+1/t21-,22-,23-,25?,38?/m0/s1. The number of primary amides is 2. The first-order chi connectivity index (χ1) is 21.0. The van der Waals surface area contributed by atoms with Gasteiger partial charge in [0.1, 0.15) is 12.6 Å². The average Bonchev–Trinajstić information content (AvgIpc) is 3.28. The Bertz CT molecular complexity index is 1390. The van der Waals surface area contributed by atoms with Gasteiger partial charge >= 0.3 is 17.9 Å². The molecule has 0 spiro atoms. The highest BCUT2D eigenvalue weighted by atomic mass is 19.3. The lowest BCUT2D eigenvalue weighted by Gasteiger charge is -2.47. The third-order valence-electron chi connectivity index (χ3n) is 7.91. The second-order valence-electron chi connectivity index (χ2n) is 12.2. The number of nitrogens with two attached hydrogens (primary N) is 2. The molecule has 3 rings (SSSR count). The highest BCUT2D eigenvalue weighted by Crippen LogP contribution is 2.45. The van der Waals surface area contributed by atoms with Gasteiger partial charge in [-0.15, -0.1) is 0 Å². The zero-order valence-corrected chi connectivity index (χ0v) is 25.4. The van der Waals surface area contributed by atoms with Crippen molar-refractivity contribution in [3.63, 3.8) is 0 Å². The smallest absolute Gasteiger partial charge is 0.408 e. The van der Waals surface area contributed by atoms with Crippen molar-refractivity contribution in [3.05, 3.63) is 71.8 Å². The van der Waals surface area contributed by atoms with Crippen LogP contribution >= 0.6 is 0 Å². The largest absolute Gasteiger partial charge is 0.445 e. The molecule has 2 aromatic rings. The minimum Gasteiger partial charge on any atom is -0.445 e. The summed E-state index contributed by atoms with van der Waals surface area (Å²) in [6.45, 7) is 3.21. The van der Waals surface area contributed by atoms with Gasteiger partial charge in [0.15, 0.2) is 18.7 Å². The molecule has 14 heteroatoms. The number of aliphatic hydroxyl groups excluding tert-OH is 1. The van der Waals surface area contributed by atoms with E-state index >= 15 is 0 Å². The molecule has 0 aliphatic carbocycles. The molecule has 5 atom stereocenters. The summed E-state index contributed by atoms with van der Waals surface area (Å²) in [5.41, 5.74) is 10.7. The molecule has 0 aromatic heterocycles. The maximum atomic E-state index is 14.9. The van der Waals surface area contributed by atoms with Gasteiger partial charge in [0.2, 0.25) is 11.8 Å². The Hall–Kier alpha value is -4.43. The van der Waals surface area contributed by atoms with Crippen LogP contribution in [0.3, 0.4) is 0 Å². The van der Waals surface area contributed by atoms with E-state index in [1.54, 1.807) is 60.7 Å². The van der Waals surface area contributed by atoms with Gasteiger partial charge in [-0.3, -0.25) is 14.4 Å². The fourth-order valence-electron chi connectivity index (χ4n) is 5.68. The number of rotatable bonds is 12. The van der Waals surface area contributed by atoms with Crippen LogP contribution in [-0.2, 0) is 36.9 Å². The molecule has 2 unspecified atom stereocenters. The Morgan fingerprint density at radius 1 is 0.978 bits per heavy atom. The van der Waals surface area contributed by atoms with Gasteiger partial charge in [0.25, 0.3) is 5.91 Å². The van der Waals surface area contributed by atoms with E-state index in [2.05, 4.69) is 10.6 Å². The predicted octanol–water partition coefficient (Wildman–Crippen LogP) is 1.28. The number of hydrogen-bond acceptors (Lipinski definition) is 7. The quantitative estimate of drug-likeness (QED) is 0.218. The minimum atomic E-state index is -3.45. The van der Waals surface area contributed by atoms with E-state index in [9.17, 15) is 37.9 Å². The van der Waals surface area contributed by atoms with Crippen LogP contribution in [0.5, 0.6) is 0 Å². The van der Waals surface area contributed by atoms with Crippen LogP contribution in [0.15, 0.2) is 60.7 Å². The minimum absolute atomic E-state index is 0.139. The lowest BCUT2D eigenvalue weighted by molar-refractivity contribution is -0.907. The maximum Gasteiger partial charge on any atom is 0.408 e. The molecule has 0 bridgehead atoms. The fraction of sp³-hybridized carbons (Fsp3) is 0.452. The van der Waals surface area contributed by atoms with Crippen molar-refractivity contribution in [1.29, 1.82) is 0 Å². The maximum absolute atomic E-state index is 14.9. The summed E-state index contributed by atoms with van der Waals surface area (Å²) in [5.74, 6) is -7.68. The molecule has 45 heavy (non-hydrogen) atoms. The lowest BCUT2D eigenvalue weighted by atomic mass is 9.93. The number of aliphatic hydroxyl groups is 1. The molecule has 1 fully saturated rings. The number of likely N-dealkylation sites (tertiary alicyclic amines) is 1. The second-order valence-corrected chi connectivity index (χ2v) is 12.2. The zero-order chi connectivity index (χ0) is 33.6. The van der Waals surface area contributed by atoms with Crippen LogP contribution in [0.4, 0.5) is 13.6 Å². The number of carbonyl (C=O) groups is 5. The number of quaternary nitrogens is 1. The van der Waals surface area contributed by atoms with Gasteiger partial charge in [-0.2, -0.15) is 0 Å². The monoisotopic (exact) mass is 632 g/mol. The van der Waals surface area contributed by atoms with E-state index in [0.717, 1.165) is 0 Å². The number of alkyl halides is 2. The Labute approximate surface area is 259 Å². The first kappa shape index (κ1) is 35.1. The van der Waals surface area contributed by atoms with Gasteiger partial charge < -0.3 is 31.9 Å². The SMILES string of the molecule is CC(C)(C)[N+]1(C(=O)C(O)[C@H](Cc2ccccc2)NC(=O)[C@H](CC(N)=O)NC(=O)OCc2ccccc2)CC(F)(F)C[C@H]1C(N)=O. The van der Waals surface area contributed by atoms with Crippen LogP contribution in [0.25, 0.3) is 0 Å². The summed E-state index contributed by atoms with van der Waals surface area (Å²) < 4.78 is 33.7. The molecule has 1 aliphatic rings. The molecular weight excluding hydrogens is 592 g/mol. The molecule has 1 saturated heterocycles. The number of hydrogen-bond donors (Lipinski definition) is 5. The van der Waals surface area contributed by atoms with Crippen molar-refractivity contribution < 1.29 is 47.1 Å². The number of amides is 5. The van der Waals surface area contributed by atoms with E-state index in [0.29, 0.717) is 11.1 Å². The van der Waals surface area contributed by atoms with Gasteiger partial charge in [0.05, 0.1) is 24.4 Å². The van der Waals surface area contributed by atoms with E-state index in [1.807, 2.05) is 0 Å². The summed E-state index contributed by atoms with van der Waals surface area (Å²) in [6.07, 6.45) is -4.99. The number of carbonyl (C=O) groups excluding carboxylic acids is 5. The van der Waals surface area contributed by atoms with Crippen molar-refractivity contribution in [2.24, 2.45) is 11.5 Å². The third-order valence-corrected chi connectivity index (χ3v) is 7.91. The van der Waals surface area contributed by atoms with Crippen molar-refractivity contribution in [2.45, 2.75) is 82.3 Å². The average molecular weight is 633 g/mol. The molecule has 0 radical (unpaired) electrons. The van der Waals surface area contributed by atoms with Crippen LogP contribution in [0, 0.1) is 0 Å². The number of ether oxygens (including phenoxy) is 1. The zero-order valence-electron chi connectivity index (χ0n) is 25.4.